The van der Waals surface area contributed by atoms with Crippen molar-refractivity contribution in [2.45, 2.75) is 32.7 Å². The highest BCUT2D eigenvalue weighted by molar-refractivity contribution is 7.12. The lowest BCUT2D eigenvalue weighted by Gasteiger charge is -2.16. The number of aromatic nitrogens is 1. The molecule has 18 heavy (non-hydrogen) atoms. The average Bonchev–Trinajstić information content (AvgIpc) is 2.56. The summed E-state index contributed by atoms with van der Waals surface area (Å²) >= 11 is 1.55. The van der Waals surface area contributed by atoms with Gasteiger partial charge < -0.3 is 10.0 Å². The van der Waals surface area contributed by atoms with E-state index in [2.05, 4.69) is 30.7 Å². The van der Waals surface area contributed by atoms with Crippen LogP contribution in [0.1, 0.15) is 36.3 Å². The van der Waals surface area contributed by atoms with Crippen molar-refractivity contribution < 1.29 is 9.90 Å². The number of carbonyl (C=O) groups is 1. The molecule has 0 saturated carbocycles. The highest BCUT2D eigenvalue weighted by atomic mass is 32.1. The van der Waals surface area contributed by atoms with Crippen molar-refractivity contribution in [1.29, 1.82) is 0 Å². The minimum Gasteiger partial charge on any atom is -0.478 e. The van der Waals surface area contributed by atoms with E-state index in [1.54, 1.807) is 17.4 Å². The number of carboxylic acid groups (broad SMARTS) is 1. The zero-order valence-electron chi connectivity index (χ0n) is 11.5. The molecule has 0 radical (unpaired) electrons. The Kier molecular flexibility index (Phi) is 4.65. The van der Waals surface area contributed by atoms with Gasteiger partial charge in [0.1, 0.15) is 5.01 Å². The average molecular weight is 268 g/mol. The van der Waals surface area contributed by atoms with Crippen LogP contribution >= 0.6 is 11.3 Å². The smallest absolute Gasteiger partial charge is 0.328 e. The minimum atomic E-state index is -0.933. The third-order valence-electron chi connectivity index (χ3n) is 2.24. The summed E-state index contributed by atoms with van der Waals surface area (Å²) in [5, 5.41) is 9.72. The Morgan fingerprint density at radius 2 is 2.06 bits per heavy atom. The van der Waals surface area contributed by atoms with Crippen LogP contribution in [0.25, 0.3) is 6.08 Å². The Hall–Kier alpha value is -1.20. The third kappa shape index (κ3) is 4.23. The van der Waals surface area contributed by atoms with Crippen LogP contribution in [0.15, 0.2) is 6.08 Å². The number of nitrogens with zero attached hydrogens (tertiary/aromatic N) is 2. The highest BCUT2D eigenvalue weighted by Crippen LogP contribution is 2.31. The molecule has 0 aromatic carbocycles. The molecule has 0 aliphatic heterocycles. The van der Waals surface area contributed by atoms with Crippen LogP contribution in [-0.2, 0) is 16.8 Å². The largest absolute Gasteiger partial charge is 0.478 e. The molecule has 5 heteroatoms. The maximum absolute atomic E-state index is 10.6. The lowest BCUT2D eigenvalue weighted by atomic mass is 9.91. The molecule has 0 saturated heterocycles. The second kappa shape index (κ2) is 5.63. The molecule has 0 unspecified atom stereocenters. The molecular formula is C13H20N2O2S. The van der Waals surface area contributed by atoms with Crippen LogP contribution in [0.4, 0.5) is 0 Å². The summed E-state index contributed by atoms with van der Waals surface area (Å²) < 4.78 is 0. The molecule has 0 spiro atoms. The summed E-state index contributed by atoms with van der Waals surface area (Å²) in [7, 11) is 3.98. The lowest BCUT2D eigenvalue weighted by Crippen LogP contribution is -2.14. The molecule has 0 aliphatic rings. The van der Waals surface area contributed by atoms with Gasteiger partial charge in [0.25, 0.3) is 0 Å². The predicted octanol–water partition coefficient (Wildman–Crippen LogP) is 2.60. The Labute approximate surface area is 112 Å². The second-order valence-corrected chi connectivity index (χ2v) is 6.60. The summed E-state index contributed by atoms with van der Waals surface area (Å²) in [5.74, 6) is -0.933. The molecule has 0 bridgehead atoms. The van der Waals surface area contributed by atoms with Crippen molar-refractivity contribution in [2.24, 2.45) is 0 Å². The topological polar surface area (TPSA) is 53.4 Å². The van der Waals surface area contributed by atoms with Gasteiger partial charge in [-0.3, -0.25) is 0 Å². The quantitative estimate of drug-likeness (QED) is 0.853. The SMILES string of the molecule is CN(C)Cc1nc(C(C)(C)C)c(/C=C/C(=O)O)s1. The second-order valence-electron chi connectivity index (χ2n) is 5.48. The standard InChI is InChI=1S/C13H20N2O2S/c1-13(2,3)12-9(6-7-11(16)17)18-10(14-12)8-15(4)5/h6-7H,8H2,1-5H3,(H,16,17)/b7-6+. The van der Waals surface area contributed by atoms with Crippen molar-refractivity contribution in [1.82, 2.24) is 9.88 Å². The number of thiazole rings is 1. The lowest BCUT2D eigenvalue weighted by molar-refractivity contribution is -0.131. The molecule has 1 aromatic rings. The third-order valence-corrected chi connectivity index (χ3v) is 3.24. The monoisotopic (exact) mass is 268 g/mol. The molecule has 4 nitrogen and oxygen atoms in total. The molecule has 0 fully saturated rings. The maximum atomic E-state index is 10.6. The summed E-state index contributed by atoms with van der Waals surface area (Å²) in [6.45, 7) is 7.02. The van der Waals surface area contributed by atoms with Crippen LogP contribution in [0.2, 0.25) is 0 Å². The van der Waals surface area contributed by atoms with Gasteiger partial charge in [0, 0.05) is 18.0 Å². The molecule has 1 N–H and O–H groups in total. The van der Waals surface area contributed by atoms with Crippen molar-refractivity contribution in [2.75, 3.05) is 14.1 Å². The molecular weight excluding hydrogens is 248 g/mol. The molecule has 1 heterocycles. The van der Waals surface area contributed by atoms with Gasteiger partial charge in [0.15, 0.2) is 0 Å². The molecule has 0 atom stereocenters. The van der Waals surface area contributed by atoms with Gasteiger partial charge in [-0.15, -0.1) is 11.3 Å². The zero-order chi connectivity index (χ0) is 13.9. The Balaban J connectivity index is 3.13. The van der Waals surface area contributed by atoms with Crippen molar-refractivity contribution in [3.8, 4) is 0 Å². The van der Waals surface area contributed by atoms with Crippen LogP contribution in [-0.4, -0.2) is 35.1 Å². The Bertz CT molecular complexity index is 456. The Morgan fingerprint density at radius 1 is 1.44 bits per heavy atom. The van der Waals surface area contributed by atoms with E-state index < -0.39 is 5.97 Å². The molecule has 0 amide bonds. The predicted molar refractivity (Wildman–Crippen MR) is 74.9 cm³/mol. The summed E-state index contributed by atoms with van der Waals surface area (Å²) in [5.41, 5.74) is 0.876. The molecule has 100 valence electrons. The van der Waals surface area contributed by atoms with Crippen LogP contribution < -0.4 is 0 Å². The van der Waals surface area contributed by atoms with Crippen LogP contribution in [0.5, 0.6) is 0 Å². The van der Waals surface area contributed by atoms with Gasteiger partial charge in [-0.1, -0.05) is 20.8 Å². The van der Waals surface area contributed by atoms with Gasteiger partial charge in [-0.2, -0.15) is 0 Å². The van der Waals surface area contributed by atoms with Gasteiger partial charge in [0.2, 0.25) is 0 Å². The van der Waals surface area contributed by atoms with Gasteiger partial charge >= 0.3 is 5.97 Å². The summed E-state index contributed by atoms with van der Waals surface area (Å²) in [6, 6.07) is 0. The van der Waals surface area contributed by atoms with Crippen molar-refractivity contribution in [3.63, 3.8) is 0 Å². The fraction of sp³-hybridized carbons (Fsp3) is 0.538. The first-order valence-corrected chi connectivity index (χ1v) is 6.57. The van der Waals surface area contributed by atoms with E-state index in [4.69, 9.17) is 5.11 Å². The van der Waals surface area contributed by atoms with Gasteiger partial charge in [-0.25, -0.2) is 9.78 Å². The van der Waals surface area contributed by atoms with E-state index in [9.17, 15) is 4.79 Å². The van der Waals surface area contributed by atoms with Gasteiger partial charge in [-0.05, 0) is 20.2 Å². The number of rotatable bonds is 4. The van der Waals surface area contributed by atoms with E-state index in [-0.39, 0.29) is 5.41 Å². The Morgan fingerprint density at radius 3 is 2.50 bits per heavy atom. The van der Waals surface area contributed by atoms with Gasteiger partial charge in [0.05, 0.1) is 10.6 Å². The minimum absolute atomic E-state index is 0.0841. The van der Waals surface area contributed by atoms with E-state index in [0.717, 1.165) is 22.1 Å². The fourth-order valence-corrected chi connectivity index (χ4v) is 2.81. The van der Waals surface area contributed by atoms with Crippen LogP contribution in [0, 0.1) is 0 Å². The van der Waals surface area contributed by atoms with Crippen molar-refractivity contribution >= 4 is 23.4 Å². The first-order chi connectivity index (χ1) is 8.20. The number of hydrogen-bond donors (Lipinski definition) is 1. The number of carboxylic acids is 1. The van der Waals surface area contributed by atoms with E-state index in [1.165, 1.54) is 6.08 Å². The van der Waals surface area contributed by atoms with E-state index in [0.29, 0.717) is 0 Å². The molecule has 1 rings (SSSR count). The van der Waals surface area contributed by atoms with E-state index in [1.807, 2.05) is 14.1 Å². The van der Waals surface area contributed by atoms with Crippen LogP contribution in [0.3, 0.4) is 0 Å². The van der Waals surface area contributed by atoms with E-state index >= 15 is 0 Å². The maximum Gasteiger partial charge on any atom is 0.328 e. The number of aliphatic carboxylic acids is 1. The first kappa shape index (κ1) is 14.9. The van der Waals surface area contributed by atoms with Crippen molar-refractivity contribution in [3.05, 3.63) is 21.7 Å². The fourth-order valence-electron chi connectivity index (χ4n) is 1.51. The molecule has 1 aromatic heterocycles. The summed E-state index contributed by atoms with van der Waals surface area (Å²) in [6.07, 6.45) is 2.81. The first-order valence-electron chi connectivity index (χ1n) is 5.76. The normalized spacial score (nSPS) is 12.6. The summed E-state index contributed by atoms with van der Waals surface area (Å²) in [4.78, 5) is 18.2. The number of hydrogen-bond acceptors (Lipinski definition) is 4. The molecule has 0 aliphatic carbocycles. The highest BCUT2D eigenvalue weighted by Gasteiger charge is 2.22. The zero-order valence-corrected chi connectivity index (χ0v) is 12.3.